The van der Waals surface area contributed by atoms with Crippen LogP contribution < -0.4 is 10.2 Å². The van der Waals surface area contributed by atoms with Gasteiger partial charge in [0, 0.05) is 79.5 Å². The van der Waals surface area contributed by atoms with Crippen molar-refractivity contribution in [2.45, 2.75) is 4.90 Å². The van der Waals surface area contributed by atoms with Gasteiger partial charge in [-0.25, -0.2) is 8.42 Å². The zero-order valence-corrected chi connectivity index (χ0v) is 17.9. The summed E-state index contributed by atoms with van der Waals surface area (Å²) in [6.45, 7) is 3.99. The van der Waals surface area contributed by atoms with Crippen LogP contribution in [0, 0.1) is 0 Å². The Labute approximate surface area is 180 Å². The fourth-order valence-corrected chi connectivity index (χ4v) is 4.43. The summed E-state index contributed by atoms with van der Waals surface area (Å²) in [5.41, 5.74) is 4.91. The number of rotatable bonds is 4. The van der Waals surface area contributed by atoms with Crippen molar-refractivity contribution in [3.63, 3.8) is 0 Å². The minimum Gasteiger partial charge on any atom is -0.454 e. The van der Waals surface area contributed by atoms with Gasteiger partial charge in [-0.15, -0.1) is 0 Å². The van der Waals surface area contributed by atoms with Crippen LogP contribution in [0.25, 0.3) is 33.6 Å². The second-order valence-corrected chi connectivity index (χ2v) is 9.66. The van der Waals surface area contributed by atoms with E-state index in [2.05, 4.69) is 44.5 Å². The van der Waals surface area contributed by atoms with E-state index in [1.165, 1.54) is 18.1 Å². The maximum atomic E-state index is 11.9. The smallest absolute Gasteiger partial charge is 0.177 e. The molecule has 0 radical (unpaired) electrons. The van der Waals surface area contributed by atoms with E-state index in [4.69, 9.17) is 4.42 Å². The number of anilines is 1. The van der Waals surface area contributed by atoms with E-state index in [1.54, 1.807) is 18.5 Å². The minimum atomic E-state index is -3.35. The molecule has 7 nitrogen and oxygen atoms in total. The van der Waals surface area contributed by atoms with Gasteiger partial charge in [0.1, 0.15) is 11.3 Å². The van der Waals surface area contributed by atoms with Crippen molar-refractivity contribution < 1.29 is 12.8 Å². The molecule has 5 rings (SSSR count). The van der Waals surface area contributed by atoms with Gasteiger partial charge in [0.15, 0.2) is 15.4 Å². The van der Waals surface area contributed by atoms with Crippen molar-refractivity contribution in [2.24, 2.45) is 0 Å². The number of hydrogen-bond donors (Lipinski definition) is 1. The first-order valence-corrected chi connectivity index (χ1v) is 12.0. The summed E-state index contributed by atoms with van der Waals surface area (Å²) in [6, 6.07) is 13.7. The summed E-state index contributed by atoms with van der Waals surface area (Å²) >= 11 is 0. The molecule has 3 aromatic heterocycles. The summed E-state index contributed by atoms with van der Waals surface area (Å²) in [7, 11) is -3.35. The molecule has 1 fully saturated rings. The van der Waals surface area contributed by atoms with Gasteiger partial charge in [-0.3, -0.25) is 9.97 Å². The standard InChI is InChI=1S/C23H22N4O3S/c1-31(28,29)19-12-17(14-25-15-19)20-6-7-26-21-13-22(30-23(20)21)16-2-4-18(5-3-16)27-10-8-24-9-11-27/h2-7,12-15,24H,8-11H2,1H3. The lowest BCUT2D eigenvalue weighted by Crippen LogP contribution is -2.43. The SMILES string of the molecule is CS(=O)(=O)c1cncc(-c2ccnc3cc(-c4ccc(N5CCNCC5)cc4)oc23)c1. The van der Waals surface area contributed by atoms with Gasteiger partial charge in [0.05, 0.1) is 4.90 Å². The predicted octanol–water partition coefficient (Wildman–Crippen LogP) is 3.37. The molecular weight excluding hydrogens is 412 g/mol. The van der Waals surface area contributed by atoms with Crippen LogP contribution in [-0.2, 0) is 9.84 Å². The van der Waals surface area contributed by atoms with Crippen molar-refractivity contribution in [2.75, 3.05) is 37.3 Å². The minimum absolute atomic E-state index is 0.172. The number of hydrogen-bond acceptors (Lipinski definition) is 7. The van der Waals surface area contributed by atoms with Gasteiger partial charge < -0.3 is 14.6 Å². The maximum absolute atomic E-state index is 11.9. The van der Waals surface area contributed by atoms with E-state index in [1.807, 2.05) is 12.1 Å². The molecule has 0 unspecified atom stereocenters. The van der Waals surface area contributed by atoms with Gasteiger partial charge >= 0.3 is 0 Å². The lowest BCUT2D eigenvalue weighted by molar-refractivity contribution is 0.589. The Morgan fingerprint density at radius 2 is 1.77 bits per heavy atom. The largest absolute Gasteiger partial charge is 0.454 e. The van der Waals surface area contributed by atoms with E-state index in [9.17, 15) is 8.42 Å². The molecule has 1 aliphatic rings. The maximum Gasteiger partial charge on any atom is 0.177 e. The summed E-state index contributed by atoms with van der Waals surface area (Å²) in [5, 5.41) is 3.37. The zero-order valence-electron chi connectivity index (χ0n) is 17.1. The highest BCUT2D eigenvalue weighted by Crippen LogP contribution is 2.34. The van der Waals surface area contributed by atoms with Crippen LogP contribution >= 0.6 is 0 Å². The zero-order chi connectivity index (χ0) is 21.4. The highest BCUT2D eigenvalue weighted by atomic mass is 32.2. The lowest BCUT2D eigenvalue weighted by atomic mass is 10.1. The monoisotopic (exact) mass is 434 g/mol. The Kier molecular flexibility index (Phi) is 4.95. The van der Waals surface area contributed by atoms with Crippen molar-refractivity contribution in [3.05, 3.63) is 61.1 Å². The van der Waals surface area contributed by atoms with Crippen LogP contribution in [0.3, 0.4) is 0 Å². The normalized spacial score (nSPS) is 14.8. The number of fused-ring (bicyclic) bond motifs is 1. The van der Waals surface area contributed by atoms with Gasteiger partial charge in [0.25, 0.3) is 0 Å². The van der Waals surface area contributed by atoms with Crippen LogP contribution in [0.5, 0.6) is 0 Å². The first-order chi connectivity index (χ1) is 15.0. The quantitative estimate of drug-likeness (QED) is 0.527. The summed E-state index contributed by atoms with van der Waals surface area (Å²) in [6.07, 6.45) is 5.85. The molecule has 0 spiro atoms. The van der Waals surface area contributed by atoms with Crippen molar-refractivity contribution in [1.29, 1.82) is 0 Å². The predicted molar refractivity (Wildman–Crippen MR) is 121 cm³/mol. The first kappa shape index (κ1) is 19.7. The third-order valence-corrected chi connectivity index (χ3v) is 6.58. The van der Waals surface area contributed by atoms with E-state index in [0.29, 0.717) is 22.4 Å². The molecule has 8 heteroatoms. The summed E-state index contributed by atoms with van der Waals surface area (Å²) in [5.74, 6) is 0.717. The second kappa shape index (κ2) is 7.79. The average Bonchev–Trinajstić information content (AvgIpc) is 3.24. The second-order valence-electron chi connectivity index (χ2n) is 7.65. The molecule has 0 bridgehead atoms. The third kappa shape index (κ3) is 3.92. The topological polar surface area (TPSA) is 88.3 Å². The fourth-order valence-electron chi connectivity index (χ4n) is 3.84. The molecule has 31 heavy (non-hydrogen) atoms. The van der Waals surface area contributed by atoms with Crippen LogP contribution in [0.15, 0.2) is 70.4 Å². The summed E-state index contributed by atoms with van der Waals surface area (Å²) in [4.78, 5) is 11.1. The molecule has 1 N–H and O–H groups in total. The van der Waals surface area contributed by atoms with E-state index in [-0.39, 0.29) is 4.90 Å². The number of sulfone groups is 1. The average molecular weight is 435 g/mol. The van der Waals surface area contributed by atoms with Crippen LogP contribution in [0.1, 0.15) is 0 Å². The van der Waals surface area contributed by atoms with E-state index >= 15 is 0 Å². The number of pyridine rings is 2. The van der Waals surface area contributed by atoms with E-state index in [0.717, 1.165) is 37.3 Å². The van der Waals surface area contributed by atoms with Crippen molar-refractivity contribution in [1.82, 2.24) is 15.3 Å². The number of benzene rings is 1. The first-order valence-electron chi connectivity index (χ1n) is 10.1. The number of aromatic nitrogens is 2. The van der Waals surface area contributed by atoms with Crippen LogP contribution in [-0.4, -0.2) is 50.8 Å². The highest BCUT2D eigenvalue weighted by molar-refractivity contribution is 7.90. The van der Waals surface area contributed by atoms with Crippen molar-refractivity contribution in [3.8, 4) is 22.5 Å². The Bertz CT molecular complexity index is 1340. The molecule has 0 amide bonds. The molecule has 0 aliphatic carbocycles. The lowest BCUT2D eigenvalue weighted by Gasteiger charge is -2.29. The number of nitrogens with one attached hydrogen (secondary N) is 1. The molecule has 0 saturated carbocycles. The molecule has 4 heterocycles. The van der Waals surface area contributed by atoms with Gasteiger partial charge in [-0.1, -0.05) is 0 Å². The highest BCUT2D eigenvalue weighted by Gasteiger charge is 2.16. The van der Waals surface area contributed by atoms with Crippen LogP contribution in [0.2, 0.25) is 0 Å². The number of piperazine rings is 1. The Morgan fingerprint density at radius 3 is 2.52 bits per heavy atom. The third-order valence-electron chi connectivity index (χ3n) is 5.50. The van der Waals surface area contributed by atoms with E-state index < -0.39 is 9.84 Å². The number of furan rings is 1. The molecule has 158 valence electrons. The fraction of sp³-hybridized carbons (Fsp3) is 0.217. The van der Waals surface area contributed by atoms with Crippen molar-refractivity contribution >= 4 is 26.6 Å². The molecule has 1 saturated heterocycles. The Morgan fingerprint density at radius 1 is 1.00 bits per heavy atom. The van der Waals surface area contributed by atoms with Crippen LogP contribution in [0.4, 0.5) is 5.69 Å². The molecular formula is C23H22N4O3S. The molecule has 4 aromatic rings. The molecule has 1 aliphatic heterocycles. The summed E-state index contributed by atoms with van der Waals surface area (Å²) < 4.78 is 30.0. The van der Waals surface area contributed by atoms with Gasteiger partial charge in [-0.05, 0) is 36.4 Å². The van der Waals surface area contributed by atoms with Gasteiger partial charge in [0.2, 0.25) is 0 Å². The Balaban J connectivity index is 1.52. The number of nitrogens with zero attached hydrogens (tertiary/aromatic N) is 3. The Hall–Kier alpha value is -3.23. The van der Waals surface area contributed by atoms with Gasteiger partial charge in [-0.2, -0.15) is 0 Å². The molecule has 1 aromatic carbocycles. The molecule has 0 atom stereocenters.